The summed E-state index contributed by atoms with van der Waals surface area (Å²) in [6, 6.07) is 4.57. The van der Waals surface area contributed by atoms with Gasteiger partial charge in [0, 0.05) is 5.56 Å². The van der Waals surface area contributed by atoms with Crippen LogP contribution in [0.5, 0.6) is 5.75 Å². The van der Waals surface area contributed by atoms with E-state index in [0.29, 0.717) is 21.8 Å². The molecule has 1 aromatic heterocycles. The molecule has 1 heterocycles. The maximum Gasteiger partial charge on any atom is 0.251 e. The Bertz CT molecular complexity index is 583. The van der Waals surface area contributed by atoms with Crippen molar-refractivity contribution in [1.29, 1.82) is 0 Å². The summed E-state index contributed by atoms with van der Waals surface area (Å²) in [6.45, 7) is 1.85. The highest BCUT2D eigenvalue weighted by Crippen LogP contribution is 2.24. The molecule has 0 saturated carbocycles. The fourth-order valence-corrected chi connectivity index (χ4v) is 1.57. The molecule has 0 atom stereocenters. The lowest BCUT2D eigenvalue weighted by Gasteiger charge is -2.03. The van der Waals surface area contributed by atoms with Crippen LogP contribution < -0.4 is 5.32 Å². The second kappa shape index (κ2) is 5.18. The number of amides is 1. The Balaban J connectivity index is 2.01. The Labute approximate surface area is 111 Å². The van der Waals surface area contributed by atoms with E-state index < -0.39 is 0 Å². The standard InChI is InChI=1S/C11H10BrN3O3/c1-6-14-10(18-15-6)5-13-11(17)7-2-3-8(12)9(16)4-7/h2-4,16H,5H2,1H3,(H,13,17). The predicted octanol–water partition coefficient (Wildman–Crippen LogP) is 1.78. The third-order valence-corrected chi connectivity index (χ3v) is 2.85. The number of rotatable bonds is 3. The molecule has 1 amide bonds. The van der Waals surface area contributed by atoms with Crippen molar-refractivity contribution in [2.45, 2.75) is 13.5 Å². The monoisotopic (exact) mass is 311 g/mol. The molecule has 2 rings (SSSR count). The first kappa shape index (κ1) is 12.6. The number of carbonyl (C=O) groups excluding carboxylic acids is 1. The first-order chi connectivity index (χ1) is 8.56. The molecule has 0 aliphatic carbocycles. The molecule has 6 nitrogen and oxygen atoms in total. The Kier molecular flexibility index (Phi) is 3.61. The molecule has 7 heteroatoms. The van der Waals surface area contributed by atoms with Crippen LogP contribution in [-0.2, 0) is 6.54 Å². The van der Waals surface area contributed by atoms with Gasteiger partial charge in [0.05, 0.1) is 11.0 Å². The number of hydrogen-bond donors (Lipinski definition) is 2. The number of aromatic nitrogens is 2. The number of phenols is 1. The summed E-state index contributed by atoms with van der Waals surface area (Å²) in [5.74, 6) is 0.535. The van der Waals surface area contributed by atoms with E-state index in [1.807, 2.05) is 0 Å². The Morgan fingerprint density at radius 1 is 1.56 bits per heavy atom. The topological polar surface area (TPSA) is 88.2 Å². The van der Waals surface area contributed by atoms with E-state index >= 15 is 0 Å². The third kappa shape index (κ3) is 2.86. The lowest BCUT2D eigenvalue weighted by Crippen LogP contribution is -2.22. The minimum Gasteiger partial charge on any atom is -0.507 e. The van der Waals surface area contributed by atoms with Crippen molar-refractivity contribution in [2.24, 2.45) is 0 Å². The second-order valence-corrected chi connectivity index (χ2v) is 4.44. The van der Waals surface area contributed by atoms with E-state index in [4.69, 9.17) is 4.52 Å². The fraction of sp³-hybridized carbons (Fsp3) is 0.182. The normalized spacial score (nSPS) is 10.3. The Morgan fingerprint density at radius 2 is 2.33 bits per heavy atom. The summed E-state index contributed by atoms with van der Waals surface area (Å²) in [7, 11) is 0. The van der Waals surface area contributed by atoms with Crippen LogP contribution in [0.15, 0.2) is 27.2 Å². The van der Waals surface area contributed by atoms with Gasteiger partial charge in [0.2, 0.25) is 5.89 Å². The van der Waals surface area contributed by atoms with Gasteiger partial charge in [-0.15, -0.1) is 0 Å². The molecule has 18 heavy (non-hydrogen) atoms. The van der Waals surface area contributed by atoms with Gasteiger partial charge in [-0.1, -0.05) is 5.16 Å². The smallest absolute Gasteiger partial charge is 0.251 e. The number of benzene rings is 1. The van der Waals surface area contributed by atoms with E-state index in [1.165, 1.54) is 6.07 Å². The number of halogens is 1. The average molecular weight is 312 g/mol. The molecule has 0 bridgehead atoms. The first-order valence-corrected chi connectivity index (χ1v) is 5.91. The minimum atomic E-state index is -0.325. The quantitative estimate of drug-likeness (QED) is 0.902. The van der Waals surface area contributed by atoms with Crippen molar-refractivity contribution in [2.75, 3.05) is 0 Å². The van der Waals surface area contributed by atoms with Gasteiger partial charge in [-0.25, -0.2) is 0 Å². The summed E-state index contributed by atoms with van der Waals surface area (Å²) in [6.07, 6.45) is 0. The van der Waals surface area contributed by atoms with Crippen LogP contribution in [-0.4, -0.2) is 21.2 Å². The van der Waals surface area contributed by atoms with Crippen molar-refractivity contribution in [3.63, 3.8) is 0 Å². The number of aryl methyl sites for hydroxylation is 1. The Hall–Kier alpha value is -1.89. The SMILES string of the molecule is Cc1noc(CNC(=O)c2ccc(Br)c(O)c2)n1. The van der Waals surface area contributed by atoms with Crippen LogP contribution >= 0.6 is 15.9 Å². The van der Waals surface area contributed by atoms with E-state index in [2.05, 4.69) is 31.4 Å². The molecule has 0 aliphatic heterocycles. The van der Waals surface area contributed by atoms with Crippen LogP contribution in [0.1, 0.15) is 22.1 Å². The van der Waals surface area contributed by atoms with E-state index in [1.54, 1.807) is 19.1 Å². The Morgan fingerprint density at radius 3 is 2.94 bits per heavy atom. The zero-order valence-electron chi connectivity index (χ0n) is 9.48. The highest BCUT2D eigenvalue weighted by Gasteiger charge is 2.10. The van der Waals surface area contributed by atoms with Gasteiger partial charge in [-0.05, 0) is 41.1 Å². The van der Waals surface area contributed by atoms with Gasteiger partial charge >= 0.3 is 0 Å². The summed E-state index contributed by atoms with van der Waals surface area (Å²) in [5, 5.41) is 15.7. The van der Waals surface area contributed by atoms with Crippen LogP contribution in [0, 0.1) is 6.92 Å². The molecular weight excluding hydrogens is 302 g/mol. The van der Waals surface area contributed by atoms with Gasteiger partial charge in [0.25, 0.3) is 5.91 Å². The lowest BCUT2D eigenvalue weighted by atomic mass is 10.2. The van der Waals surface area contributed by atoms with Crippen molar-refractivity contribution in [1.82, 2.24) is 15.5 Å². The lowest BCUT2D eigenvalue weighted by molar-refractivity contribution is 0.0946. The van der Waals surface area contributed by atoms with Crippen LogP contribution in [0.3, 0.4) is 0 Å². The second-order valence-electron chi connectivity index (χ2n) is 3.58. The van der Waals surface area contributed by atoms with Crippen LogP contribution in [0.4, 0.5) is 0 Å². The van der Waals surface area contributed by atoms with Gasteiger partial charge in [-0.2, -0.15) is 4.98 Å². The molecule has 0 fully saturated rings. The fourth-order valence-electron chi connectivity index (χ4n) is 1.32. The third-order valence-electron chi connectivity index (χ3n) is 2.18. The number of nitrogens with one attached hydrogen (secondary N) is 1. The molecule has 94 valence electrons. The molecule has 0 radical (unpaired) electrons. The zero-order chi connectivity index (χ0) is 13.1. The molecule has 0 spiro atoms. The average Bonchev–Trinajstić information content (AvgIpc) is 2.75. The van der Waals surface area contributed by atoms with Gasteiger partial charge in [0.1, 0.15) is 5.75 Å². The van der Waals surface area contributed by atoms with Crippen molar-refractivity contribution in [3.8, 4) is 5.75 Å². The van der Waals surface area contributed by atoms with Gasteiger partial charge < -0.3 is 14.9 Å². The molecule has 0 aliphatic rings. The maximum atomic E-state index is 11.8. The molecule has 2 N–H and O–H groups in total. The molecule has 0 unspecified atom stereocenters. The van der Waals surface area contributed by atoms with E-state index in [9.17, 15) is 9.90 Å². The molecule has 1 aromatic carbocycles. The van der Waals surface area contributed by atoms with Crippen molar-refractivity contribution in [3.05, 3.63) is 40.0 Å². The first-order valence-electron chi connectivity index (χ1n) is 5.12. The molecule has 2 aromatic rings. The van der Waals surface area contributed by atoms with Gasteiger partial charge in [-0.3, -0.25) is 4.79 Å². The molecular formula is C11H10BrN3O3. The zero-order valence-corrected chi connectivity index (χ0v) is 11.1. The van der Waals surface area contributed by atoms with Crippen LogP contribution in [0.25, 0.3) is 0 Å². The van der Waals surface area contributed by atoms with Crippen molar-refractivity contribution >= 4 is 21.8 Å². The summed E-state index contributed by atoms with van der Waals surface area (Å²) in [5.41, 5.74) is 0.354. The largest absolute Gasteiger partial charge is 0.507 e. The highest BCUT2D eigenvalue weighted by atomic mass is 79.9. The van der Waals surface area contributed by atoms with Crippen LogP contribution in [0.2, 0.25) is 0 Å². The summed E-state index contributed by atoms with van der Waals surface area (Å²) in [4.78, 5) is 15.7. The number of carbonyl (C=O) groups is 1. The van der Waals surface area contributed by atoms with Crippen molar-refractivity contribution < 1.29 is 14.4 Å². The molecule has 0 saturated heterocycles. The maximum absolute atomic E-state index is 11.8. The van der Waals surface area contributed by atoms with E-state index in [0.717, 1.165) is 0 Å². The highest BCUT2D eigenvalue weighted by molar-refractivity contribution is 9.10. The van der Waals surface area contributed by atoms with E-state index in [-0.39, 0.29) is 18.2 Å². The number of nitrogens with zero attached hydrogens (tertiary/aromatic N) is 2. The number of hydrogen-bond acceptors (Lipinski definition) is 5. The summed E-state index contributed by atoms with van der Waals surface area (Å²) >= 11 is 3.14. The summed E-state index contributed by atoms with van der Waals surface area (Å²) < 4.78 is 5.39. The predicted molar refractivity (Wildman–Crippen MR) is 66.0 cm³/mol. The number of phenolic OH excluding ortho intramolecular Hbond substituents is 1. The minimum absolute atomic E-state index is 0.0104. The number of aromatic hydroxyl groups is 1. The van der Waals surface area contributed by atoms with Gasteiger partial charge in [0.15, 0.2) is 5.82 Å².